The Morgan fingerprint density at radius 3 is 2.69 bits per heavy atom. The molecule has 2 unspecified atom stereocenters. The maximum Gasteiger partial charge on any atom is 0.312 e. The highest BCUT2D eigenvalue weighted by Gasteiger charge is 2.37. The van der Waals surface area contributed by atoms with E-state index >= 15 is 0 Å². The van der Waals surface area contributed by atoms with Gasteiger partial charge in [-0.25, -0.2) is 0 Å². The van der Waals surface area contributed by atoms with Crippen LogP contribution < -0.4 is 0 Å². The number of aliphatic hydroxyl groups is 1. The zero-order valence-corrected chi connectivity index (χ0v) is 10.7. The van der Waals surface area contributed by atoms with Crippen LogP contribution in [0.3, 0.4) is 0 Å². The molecule has 0 aromatic heterocycles. The highest BCUT2D eigenvalue weighted by Crippen LogP contribution is 2.28. The molecular weight excluding hydrogens is 206 g/mol. The van der Waals surface area contributed by atoms with Crippen LogP contribution in [0.25, 0.3) is 0 Å². The molecule has 0 radical (unpaired) electrons. The number of nitrogens with zero attached hydrogens (tertiary/aromatic N) is 1. The zero-order valence-electron chi connectivity index (χ0n) is 10.7. The van der Waals surface area contributed by atoms with E-state index in [2.05, 4.69) is 11.8 Å². The maximum atomic E-state index is 11.6. The second kappa shape index (κ2) is 5.15. The molecule has 1 aliphatic heterocycles. The standard InChI is InChI=1S/C12H23NO3/c1-9-5-6-13(10(9)7-14)8-12(2,3)11(15)16-4/h9-10,14H,5-8H2,1-4H3. The average Bonchev–Trinajstić information content (AvgIpc) is 2.57. The van der Waals surface area contributed by atoms with Crippen LogP contribution >= 0.6 is 0 Å². The Morgan fingerprint density at radius 2 is 2.19 bits per heavy atom. The van der Waals surface area contributed by atoms with Gasteiger partial charge in [-0.2, -0.15) is 0 Å². The third-order valence-electron chi connectivity index (χ3n) is 3.52. The number of methoxy groups -OCH3 is 1. The quantitative estimate of drug-likeness (QED) is 0.727. The van der Waals surface area contributed by atoms with Crippen molar-refractivity contribution < 1.29 is 14.6 Å². The van der Waals surface area contributed by atoms with Gasteiger partial charge in [0, 0.05) is 12.6 Å². The van der Waals surface area contributed by atoms with Crippen LogP contribution in [-0.4, -0.2) is 48.8 Å². The molecule has 16 heavy (non-hydrogen) atoms. The van der Waals surface area contributed by atoms with Gasteiger partial charge >= 0.3 is 5.97 Å². The molecule has 0 aliphatic carbocycles. The van der Waals surface area contributed by atoms with Gasteiger partial charge < -0.3 is 9.84 Å². The molecule has 0 bridgehead atoms. The molecule has 1 aliphatic rings. The molecular formula is C12H23NO3. The van der Waals surface area contributed by atoms with Gasteiger partial charge in [-0.05, 0) is 32.7 Å². The Kier molecular flexibility index (Phi) is 4.33. The average molecular weight is 229 g/mol. The number of aliphatic hydroxyl groups excluding tert-OH is 1. The Morgan fingerprint density at radius 1 is 1.56 bits per heavy atom. The first-order valence-electron chi connectivity index (χ1n) is 5.85. The highest BCUT2D eigenvalue weighted by molar-refractivity contribution is 5.76. The predicted octanol–water partition coefficient (Wildman–Crippen LogP) is 0.888. The van der Waals surface area contributed by atoms with Crippen LogP contribution in [-0.2, 0) is 9.53 Å². The van der Waals surface area contributed by atoms with Gasteiger partial charge in [0.15, 0.2) is 0 Å². The molecule has 4 heteroatoms. The van der Waals surface area contributed by atoms with Crippen LogP contribution in [0.4, 0.5) is 0 Å². The van der Waals surface area contributed by atoms with Crippen LogP contribution in [0.15, 0.2) is 0 Å². The van der Waals surface area contributed by atoms with Crippen molar-refractivity contribution in [2.75, 3.05) is 26.8 Å². The van der Waals surface area contributed by atoms with Gasteiger partial charge in [-0.1, -0.05) is 6.92 Å². The van der Waals surface area contributed by atoms with Crippen molar-refractivity contribution in [3.05, 3.63) is 0 Å². The minimum atomic E-state index is -0.508. The van der Waals surface area contributed by atoms with E-state index in [9.17, 15) is 9.90 Å². The molecule has 0 amide bonds. The Labute approximate surface area is 97.6 Å². The van der Waals surface area contributed by atoms with Crippen LogP contribution in [0.5, 0.6) is 0 Å². The molecule has 94 valence electrons. The molecule has 2 atom stereocenters. The summed E-state index contributed by atoms with van der Waals surface area (Å²) in [6.45, 7) is 7.68. The second-order valence-corrected chi connectivity index (χ2v) is 5.36. The molecule has 1 heterocycles. The molecule has 0 spiro atoms. The number of hydrogen-bond acceptors (Lipinski definition) is 4. The third kappa shape index (κ3) is 2.74. The second-order valence-electron chi connectivity index (χ2n) is 5.36. The van der Waals surface area contributed by atoms with Crippen molar-refractivity contribution in [2.24, 2.45) is 11.3 Å². The van der Waals surface area contributed by atoms with Crippen LogP contribution in [0.1, 0.15) is 27.2 Å². The number of carbonyl (C=O) groups excluding carboxylic acids is 1. The van der Waals surface area contributed by atoms with E-state index in [4.69, 9.17) is 4.74 Å². The summed E-state index contributed by atoms with van der Waals surface area (Å²) in [5.41, 5.74) is -0.508. The van der Waals surface area contributed by atoms with E-state index in [1.165, 1.54) is 7.11 Å². The molecule has 1 N–H and O–H groups in total. The van der Waals surface area contributed by atoms with E-state index in [-0.39, 0.29) is 18.6 Å². The first-order chi connectivity index (χ1) is 7.42. The fourth-order valence-electron chi connectivity index (χ4n) is 2.43. The van der Waals surface area contributed by atoms with Crippen molar-refractivity contribution in [3.63, 3.8) is 0 Å². The summed E-state index contributed by atoms with van der Waals surface area (Å²) >= 11 is 0. The SMILES string of the molecule is COC(=O)C(C)(C)CN1CCC(C)C1CO. The predicted molar refractivity (Wildman–Crippen MR) is 62.0 cm³/mol. The topological polar surface area (TPSA) is 49.8 Å². The maximum absolute atomic E-state index is 11.6. The summed E-state index contributed by atoms with van der Waals surface area (Å²) < 4.78 is 4.79. The number of likely N-dealkylation sites (tertiary alicyclic amines) is 1. The monoisotopic (exact) mass is 229 g/mol. The minimum absolute atomic E-state index is 0.165. The molecule has 4 nitrogen and oxygen atoms in total. The smallest absolute Gasteiger partial charge is 0.312 e. The van der Waals surface area contributed by atoms with Gasteiger partial charge in [-0.3, -0.25) is 9.69 Å². The number of carbonyl (C=O) groups is 1. The summed E-state index contributed by atoms with van der Waals surface area (Å²) in [5.74, 6) is 0.308. The normalized spacial score (nSPS) is 27.1. The molecule has 0 aromatic rings. The number of rotatable bonds is 4. The van der Waals surface area contributed by atoms with Gasteiger partial charge in [-0.15, -0.1) is 0 Å². The number of ether oxygens (including phenoxy) is 1. The summed E-state index contributed by atoms with van der Waals surface area (Å²) in [6, 6.07) is 0.184. The Bertz CT molecular complexity index is 253. The van der Waals surface area contributed by atoms with E-state index in [0.29, 0.717) is 12.5 Å². The van der Waals surface area contributed by atoms with Gasteiger partial charge in [0.1, 0.15) is 0 Å². The van der Waals surface area contributed by atoms with Crippen molar-refractivity contribution >= 4 is 5.97 Å². The van der Waals surface area contributed by atoms with E-state index in [1.54, 1.807) is 0 Å². The lowest BCUT2D eigenvalue weighted by molar-refractivity contribution is -0.152. The summed E-state index contributed by atoms with van der Waals surface area (Å²) in [4.78, 5) is 13.8. The first kappa shape index (κ1) is 13.5. The van der Waals surface area contributed by atoms with Crippen LogP contribution in [0.2, 0.25) is 0 Å². The first-order valence-corrected chi connectivity index (χ1v) is 5.85. The van der Waals surface area contributed by atoms with Gasteiger partial charge in [0.05, 0.1) is 19.1 Å². The van der Waals surface area contributed by atoms with Crippen molar-refractivity contribution in [1.29, 1.82) is 0 Å². The summed E-state index contributed by atoms with van der Waals surface area (Å²) in [6.07, 6.45) is 1.09. The van der Waals surface area contributed by atoms with E-state index < -0.39 is 5.41 Å². The molecule has 1 saturated heterocycles. The summed E-state index contributed by atoms with van der Waals surface area (Å²) in [7, 11) is 1.42. The third-order valence-corrected chi connectivity index (χ3v) is 3.52. The lowest BCUT2D eigenvalue weighted by Crippen LogP contribution is -2.44. The number of hydrogen-bond donors (Lipinski definition) is 1. The number of esters is 1. The lowest BCUT2D eigenvalue weighted by Gasteiger charge is -2.32. The van der Waals surface area contributed by atoms with Gasteiger partial charge in [0.2, 0.25) is 0 Å². The van der Waals surface area contributed by atoms with Crippen molar-refractivity contribution in [1.82, 2.24) is 4.90 Å². The molecule has 1 rings (SSSR count). The van der Waals surface area contributed by atoms with Crippen molar-refractivity contribution in [2.45, 2.75) is 33.2 Å². The van der Waals surface area contributed by atoms with Gasteiger partial charge in [0.25, 0.3) is 0 Å². The molecule has 1 fully saturated rings. The van der Waals surface area contributed by atoms with E-state index in [0.717, 1.165) is 13.0 Å². The molecule has 0 aromatic carbocycles. The fraction of sp³-hybridized carbons (Fsp3) is 0.917. The zero-order chi connectivity index (χ0) is 12.3. The van der Waals surface area contributed by atoms with E-state index in [1.807, 2.05) is 13.8 Å². The molecule has 0 saturated carbocycles. The van der Waals surface area contributed by atoms with Crippen molar-refractivity contribution in [3.8, 4) is 0 Å². The Hall–Kier alpha value is -0.610. The van der Waals surface area contributed by atoms with Crippen LogP contribution in [0, 0.1) is 11.3 Å². The lowest BCUT2D eigenvalue weighted by atomic mass is 9.92. The highest BCUT2D eigenvalue weighted by atomic mass is 16.5. The largest absolute Gasteiger partial charge is 0.469 e. The summed E-state index contributed by atoms with van der Waals surface area (Å²) in [5, 5.41) is 9.34. The Balaban J connectivity index is 2.63. The fourth-order valence-corrected chi connectivity index (χ4v) is 2.43. The minimum Gasteiger partial charge on any atom is -0.469 e.